The smallest absolute Gasteiger partial charge is 0.226 e. The monoisotopic (exact) mass is 220 g/mol. The third kappa shape index (κ3) is 1.38. The number of aryl methyl sites for hydroxylation is 2. The highest BCUT2D eigenvalue weighted by atomic mass is 16.1. The maximum atomic E-state index is 11.6. The van der Waals surface area contributed by atoms with E-state index in [1.54, 1.807) is 0 Å². The molecule has 0 unspecified atom stereocenters. The van der Waals surface area contributed by atoms with Crippen LogP contribution in [0.2, 0.25) is 0 Å². The van der Waals surface area contributed by atoms with Crippen molar-refractivity contribution in [2.24, 2.45) is 7.05 Å². The van der Waals surface area contributed by atoms with Gasteiger partial charge in [-0.1, -0.05) is 0 Å². The highest BCUT2D eigenvalue weighted by Crippen LogP contribution is 2.38. The second kappa shape index (κ2) is 3.23. The number of carbonyl (C=O) groups excluding carboxylic acids is 1. The first-order chi connectivity index (χ1) is 7.66. The fraction of sp³-hybridized carbons (Fsp3) is 0.636. The topological polar surface area (TPSA) is 50.2 Å². The Bertz CT molecular complexity index is 447. The van der Waals surface area contributed by atoms with E-state index in [1.165, 1.54) is 12.8 Å². The Morgan fingerprint density at radius 1 is 1.44 bits per heavy atom. The zero-order valence-electron chi connectivity index (χ0n) is 9.66. The van der Waals surface area contributed by atoms with Crippen LogP contribution in [0.1, 0.15) is 25.0 Å². The molecule has 5 heteroatoms. The molecule has 86 valence electrons. The summed E-state index contributed by atoms with van der Waals surface area (Å²) in [5.74, 6) is 1.17. The standard InChI is InChI=1S/C11H16N4O/c1-7-10-11(14(2)13-7)15(8-3-4-8)6-5-9(16)12-10/h8H,3-6H2,1-2H3,(H,12,16). The summed E-state index contributed by atoms with van der Waals surface area (Å²) in [6.07, 6.45) is 3.04. The van der Waals surface area contributed by atoms with Crippen LogP contribution in [-0.2, 0) is 11.8 Å². The van der Waals surface area contributed by atoms with Crippen LogP contribution in [0.5, 0.6) is 0 Å². The summed E-state index contributed by atoms with van der Waals surface area (Å²) in [6, 6.07) is 0.612. The molecule has 3 rings (SSSR count). The van der Waals surface area contributed by atoms with Crippen molar-refractivity contribution >= 4 is 17.4 Å². The molecule has 1 aliphatic heterocycles. The average Bonchev–Trinajstić information content (AvgIpc) is 2.99. The number of nitrogens with zero attached hydrogens (tertiary/aromatic N) is 3. The summed E-state index contributed by atoms with van der Waals surface area (Å²) >= 11 is 0. The first-order valence-electron chi connectivity index (χ1n) is 5.77. The van der Waals surface area contributed by atoms with Gasteiger partial charge in [-0.3, -0.25) is 9.48 Å². The number of amides is 1. The van der Waals surface area contributed by atoms with Crippen molar-refractivity contribution < 1.29 is 4.79 Å². The number of hydrogen-bond acceptors (Lipinski definition) is 3. The largest absolute Gasteiger partial charge is 0.352 e. The van der Waals surface area contributed by atoms with E-state index in [2.05, 4.69) is 15.3 Å². The van der Waals surface area contributed by atoms with Gasteiger partial charge >= 0.3 is 0 Å². The van der Waals surface area contributed by atoms with E-state index in [-0.39, 0.29) is 5.91 Å². The SMILES string of the molecule is Cc1nn(C)c2c1NC(=O)CCN2C1CC1. The lowest BCUT2D eigenvalue weighted by atomic mass is 10.3. The minimum absolute atomic E-state index is 0.0977. The van der Waals surface area contributed by atoms with Gasteiger partial charge in [-0.15, -0.1) is 0 Å². The van der Waals surface area contributed by atoms with Gasteiger partial charge in [-0.05, 0) is 19.8 Å². The predicted molar refractivity (Wildman–Crippen MR) is 61.6 cm³/mol. The zero-order chi connectivity index (χ0) is 11.3. The van der Waals surface area contributed by atoms with Gasteiger partial charge in [-0.25, -0.2) is 0 Å². The molecule has 0 atom stereocenters. The van der Waals surface area contributed by atoms with Gasteiger partial charge in [0.1, 0.15) is 5.69 Å². The number of anilines is 2. The average molecular weight is 220 g/mol. The van der Waals surface area contributed by atoms with Crippen LogP contribution < -0.4 is 10.2 Å². The van der Waals surface area contributed by atoms with Gasteiger partial charge < -0.3 is 10.2 Å². The predicted octanol–water partition coefficient (Wildman–Crippen LogP) is 1.04. The summed E-state index contributed by atoms with van der Waals surface area (Å²) in [5, 5.41) is 7.35. The minimum atomic E-state index is 0.0977. The number of carbonyl (C=O) groups is 1. The van der Waals surface area contributed by atoms with Gasteiger partial charge in [0.15, 0.2) is 5.82 Å². The number of rotatable bonds is 1. The van der Waals surface area contributed by atoms with Crippen molar-refractivity contribution in [2.45, 2.75) is 32.2 Å². The van der Waals surface area contributed by atoms with Crippen LogP contribution in [0, 0.1) is 6.92 Å². The van der Waals surface area contributed by atoms with Gasteiger partial charge in [-0.2, -0.15) is 5.10 Å². The van der Waals surface area contributed by atoms with Crippen LogP contribution in [0.15, 0.2) is 0 Å². The molecule has 1 aliphatic carbocycles. The van der Waals surface area contributed by atoms with Crippen molar-refractivity contribution in [3.05, 3.63) is 5.69 Å². The Hall–Kier alpha value is -1.52. The van der Waals surface area contributed by atoms with Gasteiger partial charge in [0, 0.05) is 26.1 Å². The zero-order valence-corrected chi connectivity index (χ0v) is 9.66. The normalized spacial score (nSPS) is 20.4. The second-order valence-electron chi connectivity index (χ2n) is 4.63. The fourth-order valence-electron chi connectivity index (χ4n) is 2.39. The van der Waals surface area contributed by atoms with Crippen LogP contribution in [0.25, 0.3) is 0 Å². The minimum Gasteiger partial charge on any atom is -0.352 e. The molecule has 1 amide bonds. The number of hydrogen-bond donors (Lipinski definition) is 1. The summed E-state index contributed by atoms with van der Waals surface area (Å²) in [4.78, 5) is 13.9. The molecule has 1 aromatic rings. The Balaban J connectivity index is 2.09. The number of nitrogens with one attached hydrogen (secondary N) is 1. The molecule has 1 aromatic heterocycles. The van der Waals surface area contributed by atoms with E-state index in [0.29, 0.717) is 12.5 Å². The summed E-state index contributed by atoms with van der Waals surface area (Å²) in [6.45, 7) is 2.75. The first kappa shape index (κ1) is 9.69. The molecule has 16 heavy (non-hydrogen) atoms. The molecular formula is C11H16N4O. The molecule has 2 aliphatic rings. The Kier molecular flexibility index (Phi) is 1.96. The summed E-state index contributed by atoms with van der Waals surface area (Å²) in [5.41, 5.74) is 1.80. The molecule has 0 spiro atoms. The van der Waals surface area contributed by atoms with Crippen molar-refractivity contribution in [1.82, 2.24) is 9.78 Å². The lowest BCUT2D eigenvalue weighted by Crippen LogP contribution is -2.28. The molecular weight excluding hydrogens is 204 g/mol. The fourth-order valence-corrected chi connectivity index (χ4v) is 2.39. The van der Waals surface area contributed by atoms with E-state index >= 15 is 0 Å². The van der Waals surface area contributed by atoms with Gasteiger partial charge in [0.25, 0.3) is 0 Å². The second-order valence-corrected chi connectivity index (χ2v) is 4.63. The maximum Gasteiger partial charge on any atom is 0.226 e. The molecule has 0 bridgehead atoms. The van der Waals surface area contributed by atoms with E-state index in [0.717, 1.165) is 23.7 Å². The molecule has 1 N–H and O–H groups in total. The Morgan fingerprint density at radius 2 is 2.19 bits per heavy atom. The summed E-state index contributed by atoms with van der Waals surface area (Å²) in [7, 11) is 1.94. The maximum absolute atomic E-state index is 11.6. The highest BCUT2D eigenvalue weighted by molar-refractivity contribution is 5.96. The molecule has 0 radical (unpaired) electrons. The van der Waals surface area contributed by atoms with E-state index < -0.39 is 0 Å². The van der Waals surface area contributed by atoms with Crippen LogP contribution in [0.3, 0.4) is 0 Å². The third-order valence-corrected chi connectivity index (χ3v) is 3.30. The highest BCUT2D eigenvalue weighted by Gasteiger charge is 2.35. The van der Waals surface area contributed by atoms with E-state index in [1.807, 2.05) is 18.7 Å². The number of fused-ring (bicyclic) bond motifs is 1. The van der Waals surface area contributed by atoms with Crippen molar-refractivity contribution in [3.8, 4) is 0 Å². The Morgan fingerprint density at radius 3 is 2.88 bits per heavy atom. The molecule has 5 nitrogen and oxygen atoms in total. The van der Waals surface area contributed by atoms with E-state index in [4.69, 9.17) is 0 Å². The molecule has 1 saturated carbocycles. The molecule has 2 heterocycles. The Labute approximate surface area is 94.4 Å². The molecule has 0 saturated heterocycles. The molecule has 1 fully saturated rings. The van der Waals surface area contributed by atoms with Crippen LogP contribution >= 0.6 is 0 Å². The third-order valence-electron chi connectivity index (χ3n) is 3.30. The lowest BCUT2D eigenvalue weighted by molar-refractivity contribution is -0.115. The van der Waals surface area contributed by atoms with Gasteiger partial charge in [0.05, 0.1) is 5.69 Å². The lowest BCUT2D eigenvalue weighted by Gasteiger charge is -2.22. The van der Waals surface area contributed by atoms with Crippen molar-refractivity contribution in [3.63, 3.8) is 0 Å². The van der Waals surface area contributed by atoms with Gasteiger partial charge in [0.2, 0.25) is 5.91 Å². The van der Waals surface area contributed by atoms with Crippen molar-refractivity contribution in [1.29, 1.82) is 0 Å². The molecule has 0 aromatic carbocycles. The van der Waals surface area contributed by atoms with Crippen molar-refractivity contribution in [2.75, 3.05) is 16.8 Å². The first-order valence-corrected chi connectivity index (χ1v) is 5.77. The quantitative estimate of drug-likeness (QED) is 0.769. The summed E-state index contributed by atoms with van der Waals surface area (Å²) < 4.78 is 1.88. The van der Waals surface area contributed by atoms with Crippen LogP contribution in [-0.4, -0.2) is 28.3 Å². The van der Waals surface area contributed by atoms with E-state index in [9.17, 15) is 4.79 Å². The van der Waals surface area contributed by atoms with Crippen LogP contribution in [0.4, 0.5) is 11.5 Å². The number of aromatic nitrogens is 2.